The maximum atomic E-state index is 12.0. The number of hydrogen-bond acceptors (Lipinski definition) is 5. The summed E-state index contributed by atoms with van der Waals surface area (Å²) in [5, 5.41) is 3.90. The molecule has 0 atom stereocenters. The standard InChI is InChI=1S/C18H15NO4/c1-21-14-8-5-7-13(10-14)17-15(18(20)23-19-17)11-12-6-3-4-9-16(12)22-2/h3-11H,1-2H3/b15-11+. The summed E-state index contributed by atoms with van der Waals surface area (Å²) in [7, 11) is 3.17. The number of oxime groups is 1. The minimum atomic E-state index is -0.492. The molecule has 2 aromatic carbocycles. The molecule has 0 bridgehead atoms. The summed E-state index contributed by atoms with van der Waals surface area (Å²) in [5.74, 6) is 0.861. The summed E-state index contributed by atoms with van der Waals surface area (Å²) < 4.78 is 10.5. The van der Waals surface area contributed by atoms with Crippen LogP contribution in [-0.4, -0.2) is 25.9 Å². The van der Waals surface area contributed by atoms with Crippen molar-refractivity contribution >= 4 is 17.8 Å². The number of para-hydroxylation sites is 1. The lowest BCUT2D eigenvalue weighted by atomic mass is 10.00. The topological polar surface area (TPSA) is 57.1 Å². The Hall–Kier alpha value is -3.08. The molecule has 5 heteroatoms. The van der Waals surface area contributed by atoms with Crippen LogP contribution in [0, 0.1) is 0 Å². The SMILES string of the molecule is COc1cccc(C2=NOC(=O)/C2=C/c2ccccc2OC)c1. The lowest BCUT2D eigenvalue weighted by Gasteiger charge is -2.06. The first kappa shape index (κ1) is 14.8. The minimum Gasteiger partial charge on any atom is -0.497 e. The molecule has 0 N–H and O–H groups in total. The molecule has 1 heterocycles. The van der Waals surface area contributed by atoms with Crippen LogP contribution < -0.4 is 9.47 Å². The second kappa shape index (κ2) is 6.36. The fourth-order valence-electron chi connectivity index (χ4n) is 2.33. The molecule has 2 aromatic rings. The average molecular weight is 309 g/mol. The molecular formula is C18H15NO4. The van der Waals surface area contributed by atoms with Crippen LogP contribution in [0.3, 0.4) is 0 Å². The van der Waals surface area contributed by atoms with E-state index in [0.29, 0.717) is 22.8 Å². The average Bonchev–Trinajstić information content (AvgIpc) is 2.96. The van der Waals surface area contributed by atoms with Gasteiger partial charge >= 0.3 is 5.97 Å². The largest absolute Gasteiger partial charge is 0.497 e. The first-order chi connectivity index (χ1) is 11.2. The number of rotatable bonds is 4. The number of hydrogen-bond donors (Lipinski definition) is 0. The summed E-state index contributed by atoms with van der Waals surface area (Å²) in [6.45, 7) is 0. The highest BCUT2D eigenvalue weighted by Crippen LogP contribution is 2.26. The second-order valence-corrected chi connectivity index (χ2v) is 4.85. The Bertz CT molecular complexity index is 808. The van der Waals surface area contributed by atoms with Crippen LogP contribution in [0.25, 0.3) is 6.08 Å². The van der Waals surface area contributed by atoms with E-state index in [1.807, 2.05) is 42.5 Å². The number of methoxy groups -OCH3 is 2. The first-order valence-electron chi connectivity index (χ1n) is 7.02. The third-order valence-corrected chi connectivity index (χ3v) is 3.48. The van der Waals surface area contributed by atoms with E-state index in [-0.39, 0.29) is 0 Å². The van der Waals surface area contributed by atoms with Crippen LogP contribution in [0.15, 0.2) is 59.3 Å². The molecule has 0 saturated heterocycles. The Labute approximate surface area is 133 Å². The van der Waals surface area contributed by atoms with Gasteiger partial charge in [-0.25, -0.2) is 4.79 Å². The van der Waals surface area contributed by atoms with Gasteiger partial charge in [0.05, 0.1) is 19.8 Å². The molecular weight excluding hydrogens is 294 g/mol. The highest BCUT2D eigenvalue weighted by Gasteiger charge is 2.27. The molecule has 0 spiro atoms. The Kier molecular flexibility index (Phi) is 4.10. The van der Waals surface area contributed by atoms with Gasteiger partial charge in [-0.05, 0) is 24.3 Å². The summed E-state index contributed by atoms with van der Waals surface area (Å²) in [4.78, 5) is 16.9. The van der Waals surface area contributed by atoms with E-state index in [1.165, 1.54) is 0 Å². The molecule has 5 nitrogen and oxygen atoms in total. The van der Waals surface area contributed by atoms with Crippen LogP contribution in [-0.2, 0) is 9.63 Å². The fourth-order valence-corrected chi connectivity index (χ4v) is 2.33. The van der Waals surface area contributed by atoms with Crippen LogP contribution >= 0.6 is 0 Å². The molecule has 0 aliphatic carbocycles. The number of carbonyl (C=O) groups is 1. The lowest BCUT2D eigenvalue weighted by Crippen LogP contribution is -2.07. The number of benzene rings is 2. The normalized spacial score (nSPS) is 15.3. The van der Waals surface area contributed by atoms with E-state index >= 15 is 0 Å². The smallest absolute Gasteiger partial charge is 0.368 e. The zero-order valence-electron chi connectivity index (χ0n) is 12.8. The highest BCUT2D eigenvalue weighted by molar-refractivity contribution is 6.31. The van der Waals surface area contributed by atoms with E-state index in [9.17, 15) is 4.79 Å². The van der Waals surface area contributed by atoms with Crippen LogP contribution in [0.4, 0.5) is 0 Å². The van der Waals surface area contributed by atoms with Gasteiger partial charge in [-0.1, -0.05) is 35.5 Å². The summed E-state index contributed by atoms with van der Waals surface area (Å²) in [6.07, 6.45) is 1.71. The first-order valence-corrected chi connectivity index (χ1v) is 7.02. The molecule has 0 aromatic heterocycles. The van der Waals surface area contributed by atoms with Crippen molar-refractivity contribution in [2.24, 2.45) is 5.16 Å². The van der Waals surface area contributed by atoms with E-state index in [4.69, 9.17) is 14.3 Å². The van der Waals surface area contributed by atoms with Crippen molar-refractivity contribution in [3.63, 3.8) is 0 Å². The van der Waals surface area contributed by atoms with E-state index < -0.39 is 5.97 Å². The molecule has 0 unspecified atom stereocenters. The molecule has 23 heavy (non-hydrogen) atoms. The van der Waals surface area contributed by atoms with Gasteiger partial charge in [-0.3, -0.25) is 0 Å². The van der Waals surface area contributed by atoms with Crippen molar-refractivity contribution in [2.45, 2.75) is 0 Å². The predicted molar refractivity (Wildman–Crippen MR) is 86.6 cm³/mol. The third kappa shape index (κ3) is 2.94. The minimum absolute atomic E-state index is 0.378. The predicted octanol–water partition coefficient (Wildman–Crippen LogP) is 3.05. The maximum Gasteiger partial charge on any atom is 0.368 e. The Morgan fingerprint density at radius 1 is 1.04 bits per heavy atom. The molecule has 0 amide bonds. The summed E-state index contributed by atoms with van der Waals surface area (Å²) in [6, 6.07) is 14.7. The van der Waals surface area contributed by atoms with Crippen LogP contribution in [0.1, 0.15) is 11.1 Å². The van der Waals surface area contributed by atoms with E-state index in [0.717, 1.165) is 11.1 Å². The van der Waals surface area contributed by atoms with Crippen LogP contribution in [0.2, 0.25) is 0 Å². The fraction of sp³-hybridized carbons (Fsp3) is 0.111. The molecule has 116 valence electrons. The summed E-state index contributed by atoms with van der Waals surface area (Å²) >= 11 is 0. The van der Waals surface area contributed by atoms with Gasteiger partial charge in [0.25, 0.3) is 0 Å². The van der Waals surface area contributed by atoms with Gasteiger partial charge in [0.15, 0.2) is 0 Å². The molecule has 3 rings (SSSR count). The number of nitrogens with zero attached hydrogens (tertiary/aromatic N) is 1. The third-order valence-electron chi connectivity index (χ3n) is 3.48. The second-order valence-electron chi connectivity index (χ2n) is 4.85. The Morgan fingerprint density at radius 2 is 1.87 bits per heavy atom. The van der Waals surface area contributed by atoms with E-state index in [2.05, 4.69) is 5.16 Å². The zero-order valence-corrected chi connectivity index (χ0v) is 12.8. The van der Waals surface area contributed by atoms with Crippen molar-refractivity contribution in [2.75, 3.05) is 14.2 Å². The van der Waals surface area contributed by atoms with Crippen molar-refractivity contribution in [3.05, 3.63) is 65.2 Å². The number of ether oxygens (including phenoxy) is 2. The van der Waals surface area contributed by atoms with Gasteiger partial charge in [-0.15, -0.1) is 0 Å². The zero-order chi connectivity index (χ0) is 16.2. The van der Waals surface area contributed by atoms with E-state index in [1.54, 1.807) is 26.4 Å². The van der Waals surface area contributed by atoms with Gasteiger partial charge in [0.2, 0.25) is 0 Å². The highest BCUT2D eigenvalue weighted by atomic mass is 16.7. The van der Waals surface area contributed by atoms with Gasteiger partial charge in [-0.2, -0.15) is 0 Å². The molecule has 1 aliphatic heterocycles. The Balaban J connectivity index is 2.04. The quantitative estimate of drug-likeness (QED) is 0.643. The molecule has 0 saturated carbocycles. The van der Waals surface area contributed by atoms with Crippen molar-refractivity contribution in [3.8, 4) is 11.5 Å². The van der Waals surface area contributed by atoms with Crippen molar-refractivity contribution < 1.29 is 19.1 Å². The summed E-state index contributed by atoms with van der Waals surface area (Å²) in [5.41, 5.74) is 2.37. The van der Waals surface area contributed by atoms with Crippen molar-refractivity contribution in [1.29, 1.82) is 0 Å². The maximum absolute atomic E-state index is 12.0. The van der Waals surface area contributed by atoms with Gasteiger partial charge < -0.3 is 14.3 Å². The lowest BCUT2D eigenvalue weighted by molar-refractivity contribution is -0.136. The molecule has 0 radical (unpaired) electrons. The molecule has 0 fully saturated rings. The van der Waals surface area contributed by atoms with Gasteiger partial charge in [0.1, 0.15) is 17.2 Å². The monoisotopic (exact) mass is 309 g/mol. The van der Waals surface area contributed by atoms with Crippen LogP contribution in [0.5, 0.6) is 11.5 Å². The van der Waals surface area contributed by atoms with Gasteiger partial charge in [0, 0.05) is 11.1 Å². The molecule has 1 aliphatic rings. The Morgan fingerprint density at radius 3 is 2.65 bits per heavy atom. The number of carbonyl (C=O) groups excluding carboxylic acids is 1. The van der Waals surface area contributed by atoms with Crippen molar-refractivity contribution in [1.82, 2.24) is 0 Å².